The van der Waals surface area contributed by atoms with E-state index in [0.29, 0.717) is 43.3 Å². The topological polar surface area (TPSA) is 88.5 Å². The fourth-order valence-corrected chi connectivity index (χ4v) is 3.91. The normalized spacial score (nSPS) is 15.3. The van der Waals surface area contributed by atoms with Crippen molar-refractivity contribution in [3.63, 3.8) is 0 Å². The highest BCUT2D eigenvalue weighted by atomic mass is 19.1. The molecule has 2 aromatic heterocycles. The number of hydrogen-bond acceptors (Lipinski definition) is 6. The van der Waals surface area contributed by atoms with Crippen LogP contribution in [0.5, 0.6) is 0 Å². The maximum absolute atomic E-state index is 13.4. The van der Waals surface area contributed by atoms with Crippen molar-refractivity contribution in [2.45, 2.75) is 6.54 Å². The van der Waals surface area contributed by atoms with Gasteiger partial charge in [0.2, 0.25) is 5.95 Å². The Kier molecular flexibility index (Phi) is 5.44. The summed E-state index contributed by atoms with van der Waals surface area (Å²) in [6.07, 6.45) is 0. The van der Waals surface area contributed by atoms with Gasteiger partial charge in [0.15, 0.2) is 11.2 Å². The first-order valence-electron chi connectivity index (χ1n) is 9.89. The number of nitrogens with zero attached hydrogens (tertiary/aromatic N) is 6. The van der Waals surface area contributed by atoms with E-state index in [9.17, 15) is 14.0 Å². The molecule has 1 aliphatic rings. The van der Waals surface area contributed by atoms with Gasteiger partial charge in [-0.05, 0) is 17.7 Å². The largest absolute Gasteiger partial charge is 0.395 e. The second-order valence-corrected chi connectivity index (χ2v) is 7.55. The Morgan fingerprint density at radius 3 is 2.33 bits per heavy atom. The lowest BCUT2D eigenvalue weighted by molar-refractivity contribution is 0.188. The molecule has 0 unspecified atom stereocenters. The number of benzene rings is 1. The molecule has 0 atom stereocenters. The second-order valence-electron chi connectivity index (χ2n) is 7.55. The van der Waals surface area contributed by atoms with Crippen molar-refractivity contribution >= 4 is 17.1 Å². The van der Waals surface area contributed by atoms with Crippen molar-refractivity contribution in [3.05, 3.63) is 56.5 Å². The minimum Gasteiger partial charge on any atom is -0.395 e. The first-order valence-corrected chi connectivity index (χ1v) is 9.89. The van der Waals surface area contributed by atoms with E-state index in [1.807, 2.05) is 4.57 Å². The highest BCUT2D eigenvalue weighted by molar-refractivity contribution is 5.74. The zero-order chi connectivity index (χ0) is 21.4. The predicted molar refractivity (Wildman–Crippen MR) is 111 cm³/mol. The van der Waals surface area contributed by atoms with E-state index in [-0.39, 0.29) is 12.4 Å². The zero-order valence-corrected chi connectivity index (χ0v) is 17.1. The van der Waals surface area contributed by atoms with Gasteiger partial charge in [-0.3, -0.25) is 23.4 Å². The molecule has 10 heteroatoms. The lowest BCUT2D eigenvalue weighted by Crippen LogP contribution is -2.48. The van der Waals surface area contributed by atoms with Crippen molar-refractivity contribution in [2.75, 3.05) is 44.2 Å². The maximum Gasteiger partial charge on any atom is 0.332 e. The Bertz CT molecular complexity index is 1170. The second kappa shape index (κ2) is 8.04. The predicted octanol–water partition coefficient (Wildman–Crippen LogP) is -0.265. The van der Waals surface area contributed by atoms with Crippen molar-refractivity contribution in [1.29, 1.82) is 0 Å². The molecule has 1 N–H and O–H groups in total. The average molecular weight is 416 g/mol. The number of aliphatic hydroxyl groups is 1. The molecular formula is C20H25FN6O3. The summed E-state index contributed by atoms with van der Waals surface area (Å²) in [6, 6.07) is 6.12. The van der Waals surface area contributed by atoms with Gasteiger partial charge >= 0.3 is 5.69 Å². The molecule has 0 aliphatic carbocycles. The molecule has 1 saturated heterocycles. The molecule has 0 bridgehead atoms. The lowest BCUT2D eigenvalue weighted by Gasteiger charge is -2.35. The van der Waals surface area contributed by atoms with Gasteiger partial charge in [0.25, 0.3) is 5.56 Å². The molecule has 3 heterocycles. The van der Waals surface area contributed by atoms with Crippen LogP contribution in [0.1, 0.15) is 5.56 Å². The number of aliphatic hydroxyl groups excluding tert-OH is 1. The van der Waals surface area contributed by atoms with Crippen LogP contribution in [0.3, 0.4) is 0 Å². The Morgan fingerprint density at radius 1 is 1.03 bits per heavy atom. The van der Waals surface area contributed by atoms with Crippen LogP contribution in [0.25, 0.3) is 11.2 Å². The maximum atomic E-state index is 13.4. The van der Waals surface area contributed by atoms with Crippen LogP contribution in [-0.2, 0) is 20.6 Å². The molecule has 3 aromatic rings. The first-order chi connectivity index (χ1) is 14.4. The SMILES string of the molecule is Cn1c(=O)c2c(nc(N3CCN(CCO)CC3)n2Cc2ccc(F)cc2)n(C)c1=O. The number of halogens is 1. The van der Waals surface area contributed by atoms with Gasteiger partial charge in [-0.2, -0.15) is 4.98 Å². The molecule has 0 saturated carbocycles. The van der Waals surface area contributed by atoms with Gasteiger partial charge in [0.05, 0.1) is 13.2 Å². The van der Waals surface area contributed by atoms with Gasteiger partial charge in [-0.15, -0.1) is 0 Å². The van der Waals surface area contributed by atoms with Crippen LogP contribution in [0.15, 0.2) is 33.9 Å². The van der Waals surface area contributed by atoms with Crippen molar-refractivity contribution in [3.8, 4) is 0 Å². The summed E-state index contributed by atoms with van der Waals surface area (Å²) < 4.78 is 17.6. The summed E-state index contributed by atoms with van der Waals surface area (Å²) >= 11 is 0. The fourth-order valence-electron chi connectivity index (χ4n) is 3.91. The number of fused-ring (bicyclic) bond motifs is 1. The zero-order valence-electron chi connectivity index (χ0n) is 17.1. The minimum absolute atomic E-state index is 0.112. The third kappa shape index (κ3) is 3.52. The summed E-state index contributed by atoms with van der Waals surface area (Å²) in [7, 11) is 3.05. The van der Waals surface area contributed by atoms with Crippen LogP contribution >= 0.6 is 0 Å². The summed E-state index contributed by atoms with van der Waals surface area (Å²) in [5.74, 6) is 0.282. The number of aryl methyl sites for hydroxylation is 1. The first kappa shape index (κ1) is 20.3. The Labute approximate surface area is 172 Å². The quantitative estimate of drug-likeness (QED) is 0.616. The lowest BCUT2D eigenvalue weighted by atomic mass is 10.2. The Morgan fingerprint density at radius 2 is 1.70 bits per heavy atom. The summed E-state index contributed by atoms with van der Waals surface area (Å²) in [4.78, 5) is 34.3. The standard InChI is InChI=1S/C20H25FN6O3/c1-23-17-16(18(29)24(2)20(23)30)27(13-14-3-5-15(21)6-4-14)19(22-17)26-9-7-25(8-10-26)11-12-28/h3-6,28H,7-13H2,1-2H3. The van der Waals surface area contributed by atoms with Crippen LogP contribution in [0.2, 0.25) is 0 Å². The average Bonchev–Trinajstić information content (AvgIpc) is 3.12. The van der Waals surface area contributed by atoms with Crippen LogP contribution in [-0.4, -0.2) is 68.0 Å². The molecule has 1 aliphatic heterocycles. The summed E-state index contributed by atoms with van der Waals surface area (Å²) in [5, 5.41) is 9.17. The molecule has 4 rings (SSSR count). The van der Waals surface area contributed by atoms with Crippen molar-refractivity contribution < 1.29 is 9.50 Å². The van der Waals surface area contributed by atoms with Crippen LogP contribution in [0, 0.1) is 5.82 Å². The van der Waals surface area contributed by atoms with E-state index >= 15 is 0 Å². The molecule has 0 amide bonds. The number of hydrogen-bond donors (Lipinski definition) is 1. The van der Waals surface area contributed by atoms with Crippen molar-refractivity contribution in [2.24, 2.45) is 14.1 Å². The minimum atomic E-state index is -0.432. The number of β-amino-alcohol motifs (C(OH)–C–C–N with tert-alkyl or cyclic N) is 1. The van der Waals surface area contributed by atoms with E-state index in [1.165, 1.54) is 23.7 Å². The van der Waals surface area contributed by atoms with Gasteiger partial charge in [0.1, 0.15) is 5.82 Å². The van der Waals surface area contributed by atoms with Crippen molar-refractivity contribution in [1.82, 2.24) is 23.6 Å². The highest BCUT2D eigenvalue weighted by Gasteiger charge is 2.25. The van der Waals surface area contributed by atoms with E-state index in [1.54, 1.807) is 19.2 Å². The Balaban J connectivity index is 1.83. The molecule has 30 heavy (non-hydrogen) atoms. The molecule has 9 nitrogen and oxygen atoms in total. The van der Waals surface area contributed by atoms with Crippen LogP contribution < -0.4 is 16.1 Å². The summed E-state index contributed by atoms with van der Waals surface area (Å²) in [5.41, 5.74) is 0.660. The van der Waals surface area contributed by atoms with Gasteiger partial charge < -0.3 is 10.0 Å². The third-order valence-electron chi connectivity index (χ3n) is 5.65. The number of anilines is 1. The summed E-state index contributed by atoms with van der Waals surface area (Å²) in [6.45, 7) is 3.95. The number of rotatable bonds is 5. The number of imidazole rings is 1. The molecular weight excluding hydrogens is 391 g/mol. The highest BCUT2D eigenvalue weighted by Crippen LogP contribution is 2.22. The molecule has 1 fully saturated rings. The number of piperazine rings is 1. The molecule has 160 valence electrons. The van der Waals surface area contributed by atoms with E-state index in [0.717, 1.165) is 23.2 Å². The fraction of sp³-hybridized carbons (Fsp3) is 0.450. The van der Waals surface area contributed by atoms with Gasteiger partial charge in [0, 0.05) is 46.8 Å². The molecule has 0 spiro atoms. The smallest absolute Gasteiger partial charge is 0.332 e. The molecule has 0 radical (unpaired) electrons. The monoisotopic (exact) mass is 416 g/mol. The van der Waals surface area contributed by atoms with Gasteiger partial charge in [-0.1, -0.05) is 12.1 Å². The molecule has 1 aromatic carbocycles. The van der Waals surface area contributed by atoms with E-state index in [2.05, 4.69) is 14.8 Å². The van der Waals surface area contributed by atoms with Gasteiger partial charge in [-0.25, -0.2) is 9.18 Å². The van der Waals surface area contributed by atoms with E-state index in [4.69, 9.17) is 5.11 Å². The van der Waals surface area contributed by atoms with E-state index < -0.39 is 11.2 Å². The Hall–Kier alpha value is -2.98. The number of aromatic nitrogens is 4. The third-order valence-corrected chi connectivity index (χ3v) is 5.65. The van der Waals surface area contributed by atoms with Crippen LogP contribution in [0.4, 0.5) is 10.3 Å².